The van der Waals surface area contributed by atoms with Crippen molar-refractivity contribution >= 4 is 34.6 Å². The van der Waals surface area contributed by atoms with Crippen molar-refractivity contribution < 1.29 is 19.0 Å². The lowest BCUT2D eigenvalue weighted by atomic mass is 10.1. The van der Waals surface area contributed by atoms with Crippen molar-refractivity contribution in [2.24, 2.45) is 4.99 Å². The Morgan fingerprint density at radius 3 is 2.85 bits per heavy atom. The zero-order valence-corrected chi connectivity index (χ0v) is 15.8. The van der Waals surface area contributed by atoms with E-state index in [2.05, 4.69) is 10.3 Å². The van der Waals surface area contributed by atoms with Gasteiger partial charge in [0.2, 0.25) is 6.79 Å². The normalized spacial score (nSPS) is 18.2. The molecule has 2 aromatic rings. The van der Waals surface area contributed by atoms with Crippen molar-refractivity contribution in [2.75, 3.05) is 13.4 Å². The quantitative estimate of drug-likeness (QED) is 0.809. The zero-order valence-electron chi connectivity index (χ0n) is 14.9. The molecule has 0 atom stereocenters. The molecule has 138 valence electrons. The first-order valence-electron chi connectivity index (χ1n) is 8.55. The van der Waals surface area contributed by atoms with Crippen LogP contribution < -0.4 is 19.5 Å². The molecule has 0 bridgehead atoms. The SMILES string of the molecule is CCOc1cc2c(cc1/C=C1\SC(=Nc3cccc(C)c3)NC1=O)OCO2. The number of hydrogen-bond acceptors (Lipinski definition) is 6. The minimum atomic E-state index is -0.188. The third-order valence-corrected chi connectivity index (χ3v) is 4.88. The number of benzene rings is 2. The summed E-state index contributed by atoms with van der Waals surface area (Å²) in [5.41, 5.74) is 2.68. The number of nitrogens with one attached hydrogen (secondary N) is 1. The maximum Gasteiger partial charge on any atom is 0.264 e. The average Bonchev–Trinajstić information content (AvgIpc) is 3.21. The Bertz CT molecular complexity index is 968. The molecule has 0 spiro atoms. The fraction of sp³-hybridized carbons (Fsp3) is 0.200. The van der Waals surface area contributed by atoms with E-state index in [1.54, 1.807) is 12.1 Å². The van der Waals surface area contributed by atoms with Crippen LogP contribution in [0.4, 0.5) is 5.69 Å². The molecule has 0 aromatic heterocycles. The van der Waals surface area contributed by atoms with Crippen LogP contribution in [0.1, 0.15) is 18.1 Å². The second-order valence-electron chi connectivity index (χ2n) is 6.00. The molecule has 2 heterocycles. The van der Waals surface area contributed by atoms with Gasteiger partial charge in [-0.2, -0.15) is 0 Å². The van der Waals surface area contributed by atoms with Crippen molar-refractivity contribution in [2.45, 2.75) is 13.8 Å². The predicted molar refractivity (Wildman–Crippen MR) is 106 cm³/mol. The van der Waals surface area contributed by atoms with Gasteiger partial charge in [0.15, 0.2) is 16.7 Å². The molecule has 1 N–H and O–H groups in total. The maximum absolute atomic E-state index is 12.4. The van der Waals surface area contributed by atoms with Gasteiger partial charge in [-0.05, 0) is 55.4 Å². The van der Waals surface area contributed by atoms with Gasteiger partial charge < -0.3 is 19.5 Å². The summed E-state index contributed by atoms with van der Waals surface area (Å²) in [6.45, 7) is 4.61. The summed E-state index contributed by atoms with van der Waals surface area (Å²) >= 11 is 1.30. The molecule has 6 nitrogen and oxygen atoms in total. The van der Waals surface area contributed by atoms with E-state index >= 15 is 0 Å². The molecular weight excluding hydrogens is 364 g/mol. The van der Waals surface area contributed by atoms with Crippen LogP contribution in [0.5, 0.6) is 17.2 Å². The van der Waals surface area contributed by atoms with Gasteiger partial charge in [-0.15, -0.1) is 0 Å². The summed E-state index contributed by atoms with van der Waals surface area (Å²) in [4.78, 5) is 17.4. The molecule has 0 saturated carbocycles. The standard InChI is InChI=1S/C20H18N2O4S/c1-3-24-15-10-17-16(25-11-26-17)8-13(15)9-18-19(23)22-20(27-18)21-14-6-4-5-12(2)7-14/h4-10H,3,11H2,1-2H3,(H,21,22,23)/b18-9-. The second kappa shape index (κ2) is 7.36. The van der Waals surface area contributed by atoms with Gasteiger partial charge in [0, 0.05) is 11.6 Å². The highest BCUT2D eigenvalue weighted by Gasteiger charge is 2.25. The summed E-state index contributed by atoms with van der Waals surface area (Å²) in [7, 11) is 0. The first kappa shape index (κ1) is 17.5. The molecule has 0 unspecified atom stereocenters. The molecule has 1 fully saturated rings. The predicted octanol–water partition coefficient (Wildman–Crippen LogP) is 4.01. The van der Waals surface area contributed by atoms with Crippen molar-refractivity contribution in [3.05, 3.63) is 52.4 Å². The van der Waals surface area contributed by atoms with Crippen molar-refractivity contribution in [1.82, 2.24) is 5.32 Å². The summed E-state index contributed by atoms with van der Waals surface area (Å²) in [6, 6.07) is 11.4. The smallest absolute Gasteiger partial charge is 0.264 e. The van der Waals surface area contributed by atoms with Gasteiger partial charge in [0.05, 0.1) is 17.2 Å². The molecule has 1 saturated heterocycles. The van der Waals surface area contributed by atoms with Crippen LogP contribution in [0, 0.1) is 6.92 Å². The fourth-order valence-corrected chi connectivity index (χ4v) is 3.60. The Morgan fingerprint density at radius 2 is 2.07 bits per heavy atom. The number of carbonyl (C=O) groups excluding carboxylic acids is 1. The molecular formula is C20H18N2O4S. The number of aryl methyl sites for hydroxylation is 1. The van der Waals surface area contributed by atoms with E-state index in [0.717, 1.165) is 16.8 Å². The Labute approximate surface area is 161 Å². The number of fused-ring (bicyclic) bond motifs is 1. The number of thioether (sulfide) groups is 1. The fourth-order valence-electron chi connectivity index (χ4n) is 2.77. The summed E-state index contributed by atoms with van der Waals surface area (Å²) in [5.74, 6) is 1.74. The van der Waals surface area contributed by atoms with Gasteiger partial charge in [0.1, 0.15) is 5.75 Å². The second-order valence-corrected chi connectivity index (χ2v) is 7.03. The summed E-state index contributed by atoms with van der Waals surface area (Å²) in [6.07, 6.45) is 1.78. The Morgan fingerprint density at radius 1 is 1.26 bits per heavy atom. The minimum Gasteiger partial charge on any atom is -0.493 e. The van der Waals surface area contributed by atoms with Gasteiger partial charge in [-0.25, -0.2) is 4.99 Å². The van der Waals surface area contributed by atoms with Gasteiger partial charge >= 0.3 is 0 Å². The molecule has 1 amide bonds. The van der Waals surface area contributed by atoms with E-state index in [0.29, 0.717) is 33.9 Å². The topological polar surface area (TPSA) is 69.2 Å². The third kappa shape index (κ3) is 3.78. The van der Waals surface area contributed by atoms with Crippen LogP contribution in [-0.2, 0) is 4.79 Å². The molecule has 4 rings (SSSR count). The van der Waals surface area contributed by atoms with E-state index in [-0.39, 0.29) is 12.7 Å². The number of hydrogen-bond donors (Lipinski definition) is 1. The molecule has 2 aliphatic rings. The van der Waals surface area contributed by atoms with E-state index < -0.39 is 0 Å². The first-order valence-corrected chi connectivity index (χ1v) is 9.37. The van der Waals surface area contributed by atoms with Gasteiger partial charge in [0.25, 0.3) is 5.91 Å². The molecule has 0 radical (unpaired) electrons. The number of amidine groups is 1. The van der Waals surface area contributed by atoms with E-state index in [4.69, 9.17) is 14.2 Å². The molecule has 27 heavy (non-hydrogen) atoms. The van der Waals surface area contributed by atoms with Crippen molar-refractivity contribution in [1.29, 1.82) is 0 Å². The molecule has 0 aliphatic carbocycles. The van der Waals surface area contributed by atoms with Crippen LogP contribution in [0.3, 0.4) is 0 Å². The van der Waals surface area contributed by atoms with Crippen LogP contribution >= 0.6 is 11.8 Å². The first-order chi connectivity index (χ1) is 13.1. The van der Waals surface area contributed by atoms with E-state index in [1.165, 1.54) is 11.8 Å². The van der Waals surface area contributed by atoms with Crippen LogP contribution in [0.2, 0.25) is 0 Å². The highest BCUT2D eigenvalue weighted by molar-refractivity contribution is 8.18. The lowest BCUT2D eigenvalue weighted by Gasteiger charge is -2.09. The number of rotatable bonds is 4. The highest BCUT2D eigenvalue weighted by atomic mass is 32.2. The van der Waals surface area contributed by atoms with E-state index in [9.17, 15) is 4.79 Å². The molecule has 2 aromatic carbocycles. The third-order valence-electron chi connectivity index (χ3n) is 3.97. The number of nitrogens with zero attached hydrogens (tertiary/aromatic N) is 1. The number of aliphatic imine (C=N–C) groups is 1. The van der Waals surface area contributed by atoms with Crippen molar-refractivity contribution in [3.8, 4) is 17.2 Å². The lowest BCUT2D eigenvalue weighted by Crippen LogP contribution is -2.19. The Hall–Kier alpha value is -2.93. The van der Waals surface area contributed by atoms with Gasteiger partial charge in [-0.1, -0.05) is 12.1 Å². The zero-order chi connectivity index (χ0) is 18.8. The molecule has 7 heteroatoms. The van der Waals surface area contributed by atoms with Crippen LogP contribution in [0.15, 0.2) is 46.3 Å². The van der Waals surface area contributed by atoms with Gasteiger partial charge in [-0.3, -0.25) is 4.79 Å². The summed E-state index contributed by atoms with van der Waals surface area (Å²) < 4.78 is 16.5. The Balaban J connectivity index is 1.64. The Kier molecular flexibility index (Phi) is 4.77. The van der Waals surface area contributed by atoms with E-state index in [1.807, 2.05) is 44.2 Å². The van der Waals surface area contributed by atoms with Crippen molar-refractivity contribution in [3.63, 3.8) is 0 Å². The average molecular weight is 382 g/mol. The number of carbonyl (C=O) groups is 1. The van der Waals surface area contributed by atoms with Crippen LogP contribution in [-0.4, -0.2) is 24.5 Å². The number of amides is 1. The monoisotopic (exact) mass is 382 g/mol. The van der Waals surface area contributed by atoms with Crippen LogP contribution in [0.25, 0.3) is 6.08 Å². The minimum absolute atomic E-state index is 0.184. The highest BCUT2D eigenvalue weighted by Crippen LogP contribution is 2.40. The number of ether oxygens (including phenoxy) is 3. The summed E-state index contributed by atoms with van der Waals surface area (Å²) in [5, 5.41) is 3.36. The maximum atomic E-state index is 12.4. The largest absolute Gasteiger partial charge is 0.493 e. The molecule has 2 aliphatic heterocycles. The lowest BCUT2D eigenvalue weighted by molar-refractivity contribution is -0.115.